The number of hydrogen-bond acceptors (Lipinski definition) is 2. The number of aliphatic imine (C=N–C) groups is 1. The van der Waals surface area contributed by atoms with E-state index in [1.54, 1.807) is 19.1 Å². The number of rotatable bonds is 7. The maximum absolute atomic E-state index is 13.7. The monoisotopic (exact) mass is 348 g/mol. The van der Waals surface area contributed by atoms with E-state index in [0.717, 1.165) is 38.0 Å². The summed E-state index contributed by atoms with van der Waals surface area (Å²) in [5.74, 6) is 0.774. The Labute approximate surface area is 149 Å². The Morgan fingerprint density at radius 2 is 2.24 bits per heavy atom. The Morgan fingerprint density at radius 3 is 2.88 bits per heavy atom. The number of halogens is 1. The molecule has 1 unspecified atom stereocenters. The van der Waals surface area contributed by atoms with Crippen LogP contribution in [0.3, 0.4) is 0 Å². The fraction of sp³-hybridized carbons (Fsp3) is 0.579. The molecular weight excluding hydrogens is 319 g/mol. The van der Waals surface area contributed by atoms with Crippen molar-refractivity contribution in [3.05, 3.63) is 35.1 Å². The SMILES string of the molecule is CCNC(=NCCCN1CCCC1=O)NC(C)c1ccc(C)c(F)c1. The van der Waals surface area contributed by atoms with E-state index in [9.17, 15) is 9.18 Å². The second-order valence-electron chi connectivity index (χ2n) is 6.47. The van der Waals surface area contributed by atoms with Crippen molar-refractivity contribution in [1.82, 2.24) is 15.5 Å². The standard InChI is InChI=1S/C19H29FN4O/c1-4-21-19(22-10-6-12-24-11-5-7-18(24)25)23-15(3)16-9-8-14(2)17(20)13-16/h8-9,13,15H,4-7,10-12H2,1-3H3,(H2,21,22,23). The molecule has 0 bridgehead atoms. The van der Waals surface area contributed by atoms with E-state index < -0.39 is 0 Å². The highest BCUT2D eigenvalue weighted by molar-refractivity contribution is 5.80. The maximum atomic E-state index is 13.7. The lowest BCUT2D eigenvalue weighted by atomic mass is 10.1. The van der Waals surface area contributed by atoms with Crippen molar-refractivity contribution in [2.24, 2.45) is 4.99 Å². The molecule has 6 heteroatoms. The van der Waals surface area contributed by atoms with Gasteiger partial charge in [-0.2, -0.15) is 0 Å². The number of hydrogen-bond donors (Lipinski definition) is 2. The molecule has 1 aromatic carbocycles. The molecule has 1 amide bonds. The second-order valence-corrected chi connectivity index (χ2v) is 6.47. The van der Waals surface area contributed by atoms with Crippen LogP contribution in [0.4, 0.5) is 4.39 Å². The minimum atomic E-state index is -0.191. The molecule has 1 aliphatic heterocycles. The van der Waals surface area contributed by atoms with Crippen molar-refractivity contribution in [1.29, 1.82) is 0 Å². The van der Waals surface area contributed by atoms with Crippen LogP contribution in [0.25, 0.3) is 0 Å². The molecule has 1 aliphatic rings. The van der Waals surface area contributed by atoms with E-state index in [2.05, 4.69) is 15.6 Å². The molecule has 138 valence electrons. The predicted octanol–water partition coefficient (Wildman–Crippen LogP) is 2.76. The molecule has 1 fully saturated rings. The van der Waals surface area contributed by atoms with Crippen LogP contribution in [-0.4, -0.2) is 42.9 Å². The van der Waals surface area contributed by atoms with Gasteiger partial charge in [0.25, 0.3) is 0 Å². The topological polar surface area (TPSA) is 56.7 Å². The largest absolute Gasteiger partial charge is 0.357 e. The highest BCUT2D eigenvalue weighted by Crippen LogP contribution is 2.16. The van der Waals surface area contributed by atoms with Gasteiger partial charge in [-0.05, 0) is 50.8 Å². The summed E-state index contributed by atoms with van der Waals surface area (Å²) in [6, 6.07) is 5.24. The van der Waals surface area contributed by atoms with Gasteiger partial charge in [-0.1, -0.05) is 12.1 Å². The van der Waals surface area contributed by atoms with E-state index in [1.807, 2.05) is 24.8 Å². The molecule has 2 rings (SSSR count). The number of benzene rings is 1. The van der Waals surface area contributed by atoms with Crippen LogP contribution in [0.5, 0.6) is 0 Å². The molecule has 25 heavy (non-hydrogen) atoms. The lowest BCUT2D eigenvalue weighted by molar-refractivity contribution is -0.127. The molecule has 1 aromatic rings. The third kappa shape index (κ3) is 5.73. The minimum Gasteiger partial charge on any atom is -0.357 e. The number of carbonyl (C=O) groups is 1. The van der Waals surface area contributed by atoms with Crippen molar-refractivity contribution in [2.75, 3.05) is 26.2 Å². The van der Waals surface area contributed by atoms with Gasteiger partial charge in [-0.25, -0.2) is 4.39 Å². The Hall–Kier alpha value is -2.11. The summed E-state index contributed by atoms with van der Waals surface area (Å²) in [6.45, 7) is 8.79. The van der Waals surface area contributed by atoms with Crippen LogP contribution < -0.4 is 10.6 Å². The number of nitrogens with one attached hydrogen (secondary N) is 2. The molecule has 2 N–H and O–H groups in total. The second kappa shape index (κ2) is 9.39. The molecule has 0 aromatic heterocycles. The number of likely N-dealkylation sites (tertiary alicyclic amines) is 1. The Balaban J connectivity index is 1.87. The van der Waals surface area contributed by atoms with Crippen molar-refractivity contribution < 1.29 is 9.18 Å². The van der Waals surface area contributed by atoms with Gasteiger partial charge in [0.05, 0.1) is 6.04 Å². The summed E-state index contributed by atoms with van der Waals surface area (Å²) < 4.78 is 13.7. The van der Waals surface area contributed by atoms with Gasteiger partial charge < -0.3 is 15.5 Å². The first kappa shape index (κ1) is 19.2. The van der Waals surface area contributed by atoms with Gasteiger partial charge in [0.15, 0.2) is 5.96 Å². The molecular formula is C19H29FN4O. The zero-order valence-electron chi connectivity index (χ0n) is 15.4. The van der Waals surface area contributed by atoms with Gasteiger partial charge >= 0.3 is 0 Å². The summed E-state index contributed by atoms with van der Waals surface area (Å²) in [7, 11) is 0. The van der Waals surface area contributed by atoms with Crippen molar-refractivity contribution in [3.8, 4) is 0 Å². The number of amides is 1. The lowest BCUT2D eigenvalue weighted by Gasteiger charge is -2.19. The molecule has 1 heterocycles. The van der Waals surface area contributed by atoms with Crippen LogP contribution in [-0.2, 0) is 4.79 Å². The van der Waals surface area contributed by atoms with Crippen molar-refractivity contribution >= 4 is 11.9 Å². The molecule has 0 aliphatic carbocycles. The van der Waals surface area contributed by atoms with E-state index in [0.29, 0.717) is 24.5 Å². The highest BCUT2D eigenvalue weighted by atomic mass is 19.1. The van der Waals surface area contributed by atoms with Gasteiger partial charge in [0, 0.05) is 32.6 Å². The van der Waals surface area contributed by atoms with Gasteiger partial charge in [-0.3, -0.25) is 9.79 Å². The Morgan fingerprint density at radius 1 is 1.44 bits per heavy atom. The van der Waals surface area contributed by atoms with Crippen LogP contribution in [0, 0.1) is 12.7 Å². The van der Waals surface area contributed by atoms with Gasteiger partial charge in [-0.15, -0.1) is 0 Å². The van der Waals surface area contributed by atoms with Crippen LogP contribution >= 0.6 is 0 Å². The van der Waals surface area contributed by atoms with Crippen LogP contribution in [0.15, 0.2) is 23.2 Å². The summed E-state index contributed by atoms with van der Waals surface area (Å²) in [5.41, 5.74) is 1.53. The number of nitrogens with zero attached hydrogens (tertiary/aromatic N) is 2. The lowest BCUT2D eigenvalue weighted by Crippen LogP contribution is -2.39. The minimum absolute atomic E-state index is 0.0481. The smallest absolute Gasteiger partial charge is 0.222 e. The first-order valence-corrected chi connectivity index (χ1v) is 9.10. The summed E-state index contributed by atoms with van der Waals surface area (Å²) >= 11 is 0. The van der Waals surface area contributed by atoms with E-state index in [1.165, 1.54) is 0 Å². The third-order valence-electron chi connectivity index (χ3n) is 4.42. The molecule has 1 saturated heterocycles. The Bertz CT molecular complexity index is 617. The fourth-order valence-electron chi connectivity index (χ4n) is 2.88. The summed E-state index contributed by atoms with van der Waals surface area (Å²) in [6.07, 6.45) is 2.49. The van der Waals surface area contributed by atoms with Crippen molar-refractivity contribution in [2.45, 2.75) is 46.1 Å². The van der Waals surface area contributed by atoms with Crippen LogP contribution in [0.2, 0.25) is 0 Å². The average molecular weight is 348 g/mol. The molecule has 5 nitrogen and oxygen atoms in total. The van der Waals surface area contributed by atoms with E-state index in [-0.39, 0.29) is 17.8 Å². The van der Waals surface area contributed by atoms with Gasteiger partial charge in [0.2, 0.25) is 5.91 Å². The quantitative estimate of drug-likeness (QED) is 0.453. The van der Waals surface area contributed by atoms with Gasteiger partial charge in [0.1, 0.15) is 5.82 Å². The third-order valence-corrected chi connectivity index (χ3v) is 4.42. The summed E-state index contributed by atoms with van der Waals surface area (Å²) in [4.78, 5) is 18.1. The molecule has 0 radical (unpaired) electrons. The molecule has 1 atom stereocenters. The van der Waals surface area contributed by atoms with Crippen LogP contribution in [0.1, 0.15) is 50.3 Å². The summed E-state index contributed by atoms with van der Waals surface area (Å²) in [5, 5.41) is 6.52. The normalized spacial score (nSPS) is 16.2. The van der Waals surface area contributed by atoms with Crippen molar-refractivity contribution in [3.63, 3.8) is 0 Å². The highest BCUT2D eigenvalue weighted by Gasteiger charge is 2.18. The number of aryl methyl sites for hydroxylation is 1. The fourth-order valence-corrected chi connectivity index (χ4v) is 2.88. The molecule has 0 spiro atoms. The first-order chi connectivity index (χ1) is 12.0. The number of carbonyl (C=O) groups excluding carboxylic acids is 1. The average Bonchev–Trinajstić information content (AvgIpc) is 2.99. The van der Waals surface area contributed by atoms with E-state index in [4.69, 9.17) is 0 Å². The first-order valence-electron chi connectivity index (χ1n) is 9.10. The maximum Gasteiger partial charge on any atom is 0.222 e. The zero-order chi connectivity index (χ0) is 18.2. The zero-order valence-corrected chi connectivity index (χ0v) is 15.4. The molecule has 0 saturated carbocycles. The van der Waals surface area contributed by atoms with E-state index >= 15 is 0 Å². The Kier molecular flexibility index (Phi) is 7.22. The predicted molar refractivity (Wildman–Crippen MR) is 99.1 cm³/mol. The number of guanidine groups is 1.